The molecular weight excluding hydrogens is 1550 g/mol. The average Bonchev–Trinajstić information content (AvgIpc) is 0.775. The molecular formula is C97H154N8O17. The van der Waals surface area contributed by atoms with E-state index in [4.69, 9.17) is 49.7 Å². The number of ketones is 1. The zero-order chi connectivity index (χ0) is 90.2. The number of methoxy groups -OCH3 is 1. The van der Waals surface area contributed by atoms with Gasteiger partial charge in [-0.15, -0.1) is 0 Å². The third-order valence-corrected chi connectivity index (χ3v) is 24.1. The predicted octanol–water partition coefficient (Wildman–Crippen LogP) is 17.6. The fourth-order valence-corrected chi connectivity index (χ4v) is 18.7. The van der Waals surface area contributed by atoms with Gasteiger partial charge in [0.25, 0.3) is 0 Å². The van der Waals surface area contributed by atoms with Gasteiger partial charge in [0.15, 0.2) is 0 Å². The quantitative estimate of drug-likeness (QED) is 0.0105. The van der Waals surface area contributed by atoms with E-state index in [0.29, 0.717) is 134 Å². The van der Waals surface area contributed by atoms with Crippen molar-refractivity contribution in [3.8, 4) is 23.0 Å². The van der Waals surface area contributed by atoms with E-state index in [-0.39, 0.29) is 61.8 Å². The molecule has 0 aliphatic heterocycles. The second kappa shape index (κ2) is 54.0. The molecule has 684 valence electrons. The number of carboxylic acid groups (broad SMARTS) is 1. The minimum atomic E-state index is -1.16. The zero-order valence-corrected chi connectivity index (χ0v) is 77.2. The summed E-state index contributed by atoms with van der Waals surface area (Å²) in [6.07, 6.45) is 16.2. The number of amides is 2. The van der Waals surface area contributed by atoms with Gasteiger partial charge in [-0.1, -0.05) is 149 Å². The van der Waals surface area contributed by atoms with Gasteiger partial charge in [-0.2, -0.15) is 0 Å². The van der Waals surface area contributed by atoms with Crippen molar-refractivity contribution in [2.75, 3.05) is 116 Å². The highest BCUT2D eigenvalue weighted by atomic mass is 16.7. The van der Waals surface area contributed by atoms with Gasteiger partial charge in [0.05, 0.1) is 24.5 Å². The number of ether oxygens (including phenoxy) is 7. The SMILES string of the molecule is CC(C)CC(CN)CC(=O)OC(=O)Oc1cccc(C2CCCCC2CN(C)C)c1.CCC(c1cccc(OC(=O)NCC(CC(C)=O)CC(C)C)c1)C(C)CN(C)C.CN(C)CC1CCCCC1c1cccc(OC(=O)OC(=O)C2(CN)CCCCC2)c1.COc1cccc(C2(O)CC(OC(=O)NCC(CC(=O)O)CC(C)C)CCC2CN(C)C)c1. The summed E-state index contributed by atoms with van der Waals surface area (Å²) in [5.74, 6) is 4.39. The topological polar surface area (TPSA) is 331 Å². The van der Waals surface area contributed by atoms with Crippen LogP contribution < -0.4 is 41.0 Å². The number of carbonyl (C=O) groups is 8. The van der Waals surface area contributed by atoms with Crippen LogP contribution in [0.4, 0.5) is 19.2 Å². The third-order valence-electron chi connectivity index (χ3n) is 24.1. The number of Topliss-reactive ketones (excluding diaryl/α,β-unsaturated/α-hetero) is 1. The first-order chi connectivity index (χ1) is 57.9. The molecule has 0 bridgehead atoms. The first-order valence-corrected chi connectivity index (χ1v) is 45.0. The molecule has 4 aromatic rings. The van der Waals surface area contributed by atoms with Gasteiger partial charge in [-0.05, 0) is 289 Å². The number of nitrogens with zero attached hydrogens (tertiary/aromatic N) is 4. The summed E-state index contributed by atoms with van der Waals surface area (Å²) in [4.78, 5) is 105. The second-order valence-corrected chi connectivity index (χ2v) is 37.4. The van der Waals surface area contributed by atoms with Crippen molar-refractivity contribution in [1.82, 2.24) is 30.2 Å². The molecule has 0 saturated heterocycles. The van der Waals surface area contributed by atoms with Gasteiger partial charge in [0.1, 0.15) is 34.9 Å². The molecule has 4 aromatic carbocycles. The van der Waals surface area contributed by atoms with Crippen LogP contribution >= 0.6 is 0 Å². The minimum Gasteiger partial charge on any atom is -0.497 e. The number of esters is 2. The maximum Gasteiger partial charge on any atom is 0.521 e. The Morgan fingerprint density at radius 2 is 1.02 bits per heavy atom. The summed E-state index contributed by atoms with van der Waals surface area (Å²) >= 11 is 0. The molecule has 0 heterocycles. The largest absolute Gasteiger partial charge is 0.521 e. The van der Waals surface area contributed by atoms with E-state index in [1.165, 1.54) is 55.2 Å². The van der Waals surface area contributed by atoms with Crippen LogP contribution in [0, 0.1) is 64.6 Å². The lowest BCUT2D eigenvalue weighted by atomic mass is 9.70. The molecule has 25 nitrogen and oxygen atoms in total. The van der Waals surface area contributed by atoms with Crippen LogP contribution in [0.15, 0.2) is 97.1 Å². The van der Waals surface area contributed by atoms with E-state index in [2.05, 4.69) is 132 Å². The maximum atomic E-state index is 12.6. The zero-order valence-electron chi connectivity index (χ0n) is 77.2. The highest BCUT2D eigenvalue weighted by Gasteiger charge is 2.46. The van der Waals surface area contributed by atoms with Gasteiger partial charge in [0, 0.05) is 71.0 Å². The van der Waals surface area contributed by atoms with Gasteiger partial charge in [-0.3, -0.25) is 14.4 Å². The molecule has 25 heteroatoms. The summed E-state index contributed by atoms with van der Waals surface area (Å²) in [6, 6.07) is 30.5. The van der Waals surface area contributed by atoms with Crippen molar-refractivity contribution < 1.29 is 81.7 Å². The third kappa shape index (κ3) is 37.8. The smallest absolute Gasteiger partial charge is 0.497 e. The van der Waals surface area contributed by atoms with Gasteiger partial charge >= 0.3 is 42.4 Å². The summed E-state index contributed by atoms with van der Waals surface area (Å²) in [6.45, 7) is 23.6. The van der Waals surface area contributed by atoms with Crippen LogP contribution in [0.2, 0.25) is 0 Å². The fraction of sp³-hybridized carbons (Fsp3) is 0.670. The van der Waals surface area contributed by atoms with Crippen LogP contribution in [0.5, 0.6) is 23.0 Å². The molecule has 2 amide bonds. The molecule has 0 radical (unpaired) electrons. The number of hydrogen-bond acceptors (Lipinski definition) is 22. The Morgan fingerprint density at radius 3 is 1.52 bits per heavy atom. The van der Waals surface area contributed by atoms with E-state index in [9.17, 15) is 43.5 Å². The van der Waals surface area contributed by atoms with E-state index < -0.39 is 59.5 Å². The van der Waals surface area contributed by atoms with Crippen molar-refractivity contribution in [2.45, 2.75) is 239 Å². The number of benzene rings is 4. The lowest BCUT2D eigenvalue weighted by molar-refractivity contribution is -0.152. The maximum absolute atomic E-state index is 12.6. The molecule has 0 spiro atoms. The lowest BCUT2D eigenvalue weighted by Gasteiger charge is -2.44. The van der Waals surface area contributed by atoms with Crippen molar-refractivity contribution in [1.29, 1.82) is 0 Å². The number of aliphatic carboxylic acids is 1. The van der Waals surface area contributed by atoms with Gasteiger partial charge < -0.3 is 89.9 Å². The molecule has 4 saturated carbocycles. The Kier molecular flexibility index (Phi) is 46.2. The highest BCUT2D eigenvalue weighted by Crippen LogP contribution is 2.46. The number of nitrogens with one attached hydrogen (secondary N) is 2. The number of hydrogen-bond donors (Lipinski definition) is 6. The van der Waals surface area contributed by atoms with Crippen LogP contribution in [0.3, 0.4) is 0 Å². The van der Waals surface area contributed by atoms with E-state index in [1.54, 1.807) is 26.2 Å². The van der Waals surface area contributed by atoms with Crippen molar-refractivity contribution >= 4 is 48.2 Å². The monoisotopic (exact) mass is 1700 g/mol. The number of nitrogens with two attached hydrogens (primary N) is 2. The summed E-state index contributed by atoms with van der Waals surface area (Å²) in [7, 11) is 18.2. The summed E-state index contributed by atoms with van der Waals surface area (Å²) in [5.41, 5.74) is 14.0. The lowest BCUT2D eigenvalue weighted by Crippen LogP contribution is -2.48. The van der Waals surface area contributed by atoms with E-state index in [0.717, 1.165) is 76.6 Å². The standard InChI is InChI=1S/C25H40N2O6.C24H36N2O4.C24H38N2O4.C24H40N2O3/c1-17(2)11-18(12-23(28)29)15-26-24(30)33-22-10-9-20(16-27(3)4)25(31,14-22)19-7-6-8-21(13-19)32-5;1-26(2)16-19-9-4-5-12-21(19)18-10-8-11-20(15-18)29-23(28)30-22(27)24(17-25)13-6-3-7-14-24;1-17(2)12-18(15-25)13-23(27)30-24(28)29-21-10-7-9-19(14-21)22-11-6-5-8-20(22)16-26(3)4;1-8-23(18(4)16-26(6)7)21-10-9-11-22(14-21)29-24(28)25-15-20(12-17(2)3)13-19(5)27/h6-8,13,17-18,20,22,31H,9-12,14-16H2,1-5H3,(H,26,30)(H,28,29);8,10-11,15,19,21H,3-7,9,12-14,16-17,25H2,1-2H3;7,9-10,14,17-18,20,22H,5-6,8,11-13,15-16,25H2,1-4H3;9-11,14,17-18,20,23H,8,12-13,15-16H2,1-7H3,(H,25,28). The van der Waals surface area contributed by atoms with Gasteiger partial charge in [-0.25, -0.2) is 19.2 Å². The Hall–Kier alpha value is -8.04. The molecule has 122 heavy (non-hydrogen) atoms. The fourth-order valence-electron chi connectivity index (χ4n) is 18.7. The minimum absolute atomic E-state index is 0.00367. The molecule has 8 N–H and O–H groups in total. The number of alkyl carbamates (subject to hydrolysis) is 1. The van der Waals surface area contributed by atoms with Crippen molar-refractivity contribution in [3.63, 3.8) is 0 Å². The normalized spacial score (nSPS) is 20.7. The van der Waals surface area contributed by atoms with Gasteiger partial charge in [0.2, 0.25) is 0 Å². The Morgan fingerprint density at radius 1 is 0.533 bits per heavy atom. The number of aliphatic hydroxyl groups is 1. The first-order valence-electron chi connectivity index (χ1n) is 45.0. The molecule has 12 unspecified atom stereocenters. The van der Waals surface area contributed by atoms with Crippen LogP contribution in [-0.2, 0) is 39.0 Å². The molecule has 0 aromatic heterocycles. The Balaban J connectivity index is 0.000000290. The molecule has 8 rings (SSSR count). The number of carbonyl (C=O) groups excluding carboxylic acids is 7. The Bertz CT molecular complexity index is 3810. The van der Waals surface area contributed by atoms with Crippen LogP contribution in [-0.4, -0.2) is 200 Å². The first kappa shape index (κ1) is 105. The average molecular weight is 1700 g/mol. The molecule has 4 aliphatic rings. The molecule has 4 aliphatic carbocycles. The van der Waals surface area contributed by atoms with Crippen LogP contribution in [0.1, 0.15) is 250 Å². The number of rotatable bonds is 38. The van der Waals surface area contributed by atoms with E-state index >= 15 is 0 Å². The molecule has 4 fully saturated rings. The summed E-state index contributed by atoms with van der Waals surface area (Å²) in [5, 5.41) is 26.5. The van der Waals surface area contributed by atoms with Crippen molar-refractivity contribution in [3.05, 3.63) is 119 Å². The predicted molar refractivity (Wildman–Crippen MR) is 481 cm³/mol. The number of carboxylic acids is 1. The highest BCUT2D eigenvalue weighted by molar-refractivity contribution is 5.87. The van der Waals surface area contributed by atoms with Crippen LogP contribution in [0.25, 0.3) is 0 Å². The van der Waals surface area contributed by atoms with E-state index in [1.807, 2.05) is 94.7 Å². The summed E-state index contributed by atoms with van der Waals surface area (Å²) < 4.78 is 37.2. The van der Waals surface area contributed by atoms with Crippen molar-refractivity contribution in [2.24, 2.45) is 76.1 Å². The molecule has 12 atom stereocenters. The Labute approximate surface area is 730 Å². The second-order valence-electron chi connectivity index (χ2n) is 37.4.